The quantitative estimate of drug-likeness (QED) is 0.777. The van der Waals surface area contributed by atoms with Gasteiger partial charge in [-0.1, -0.05) is 13.3 Å². The third-order valence-corrected chi connectivity index (χ3v) is 4.02. The first-order chi connectivity index (χ1) is 11.6. The predicted molar refractivity (Wildman–Crippen MR) is 92.1 cm³/mol. The highest BCUT2D eigenvalue weighted by atomic mass is 16.4. The molecule has 0 atom stereocenters. The van der Waals surface area contributed by atoms with Gasteiger partial charge in [0.1, 0.15) is 0 Å². The molecule has 3 rings (SSSR count). The van der Waals surface area contributed by atoms with Crippen LogP contribution in [0, 0.1) is 6.92 Å². The molecule has 3 aromatic heterocycles. The van der Waals surface area contributed by atoms with Crippen molar-refractivity contribution in [1.82, 2.24) is 19.7 Å². The minimum Gasteiger partial charge on any atom is -0.478 e. The van der Waals surface area contributed by atoms with E-state index >= 15 is 0 Å². The van der Waals surface area contributed by atoms with Crippen LogP contribution in [-0.2, 0) is 13.0 Å². The number of hydrogen-bond acceptors (Lipinski definition) is 4. The molecule has 3 heterocycles. The van der Waals surface area contributed by atoms with Crippen LogP contribution in [0.2, 0.25) is 0 Å². The monoisotopic (exact) mass is 324 g/mol. The van der Waals surface area contributed by atoms with Crippen molar-refractivity contribution in [3.8, 4) is 11.1 Å². The van der Waals surface area contributed by atoms with E-state index in [1.54, 1.807) is 23.3 Å². The van der Waals surface area contributed by atoms with E-state index in [1.165, 1.54) is 0 Å². The first-order valence-corrected chi connectivity index (χ1v) is 8.10. The number of aromatic nitrogens is 4. The Labute approximate surface area is 140 Å². The number of carboxylic acid groups (broad SMARTS) is 1. The Balaban J connectivity index is 2.44. The molecule has 0 saturated heterocycles. The van der Waals surface area contributed by atoms with Gasteiger partial charge >= 0.3 is 5.97 Å². The second kappa shape index (κ2) is 6.39. The van der Waals surface area contributed by atoms with Crippen LogP contribution in [0.3, 0.4) is 0 Å². The van der Waals surface area contributed by atoms with Gasteiger partial charge in [-0.05, 0) is 31.9 Å². The average molecular weight is 324 g/mol. The lowest BCUT2D eigenvalue weighted by atomic mass is 9.95. The summed E-state index contributed by atoms with van der Waals surface area (Å²) in [5.41, 5.74) is 4.01. The van der Waals surface area contributed by atoms with Gasteiger partial charge in [0.25, 0.3) is 0 Å². The zero-order chi connectivity index (χ0) is 17.3. The lowest BCUT2D eigenvalue weighted by Gasteiger charge is -2.13. The minimum atomic E-state index is -0.964. The van der Waals surface area contributed by atoms with Gasteiger partial charge in [0.2, 0.25) is 0 Å². The number of aryl methyl sites for hydroxylation is 3. The molecule has 6 heteroatoms. The number of pyridine rings is 2. The van der Waals surface area contributed by atoms with Crippen LogP contribution in [-0.4, -0.2) is 30.8 Å². The molecule has 0 aromatic carbocycles. The summed E-state index contributed by atoms with van der Waals surface area (Å²) in [7, 11) is 0. The van der Waals surface area contributed by atoms with Gasteiger partial charge < -0.3 is 5.11 Å². The third-order valence-electron chi connectivity index (χ3n) is 4.02. The second-order valence-corrected chi connectivity index (χ2v) is 5.81. The molecule has 0 spiro atoms. The van der Waals surface area contributed by atoms with Crippen LogP contribution in [0.15, 0.2) is 24.7 Å². The summed E-state index contributed by atoms with van der Waals surface area (Å²) in [6, 6.07) is 1.95. The SMILES string of the molecule is CCCc1nc2c(cnn2CC)c(-c2cncc(C)c2)c1C(=O)O. The van der Waals surface area contributed by atoms with Gasteiger partial charge in [-0.3, -0.25) is 4.98 Å². The number of aromatic carboxylic acids is 1. The molecule has 0 bridgehead atoms. The Morgan fingerprint density at radius 2 is 2.04 bits per heavy atom. The molecule has 0 radical (unpaired) electrons. The van der Waals surface area contributed by atoms with Gasteiger partial charge in [-0.2, -0.15) is 5.10 Å². The number of rotatable bonds is 5. The van der Waals surface area contributed by atoms with E-state index < -0.39 is 5.97 Å². The summed E-state index contributed by atoms with van der Waals surface area (Å²) < 4.78 is 1.80. The zero-order valence-corrected chi connectivity index (χ0v) is 14.1. The Morgan fingerprint density at radius 3 is 2.67 bits per heavy atom. The Kier molecular flexibility index (Phi) is 4.29. The van der Waals surface area contributed by atoms with Crippen LogP contribution >= 0.6 is 0 Å². The second-order valence-electron chi connectivity index (χ2n) is 5.81. The van der Waals surface area contributed by atoms with Crippen LogP contribution in [0.25, 0.3) is 22.2 Å². The van der Waals surface area contributed by atoms with Crippen LogP contribution < -0.4 is 0 Å². The Hall–Kier alpha value is -2.76. The van der Waals surface area contributed by atoms with Crippen molar-refractivity contribution >= 4 is 17.0 Å². The summed E-state index contributed by atoms with van der Waals surface area (Å²) in [5.74, 6) is -0.964. The van der Waals surface area contributed by atoms with E-state index in [2.05, 4.69) is 15.1 Å². The number of hydrogen-bond donors (Lipinski definition) is 1. The fourth-order valence-electron chi connectivity index (χ4n) is 3.01. The molecular formula is C18H20N4O2. The number of nitrogens with zero attached hydrogens (tertiary/aromatic N) is 4. The third kappa shape index (κ3) is 2.64. The van der Waals surface area contributed by atoms with Gasteiger partial charge in [0.15, 0.2) is 5.65 Å². The predicted octanol–water partition coefficient (Wildman–Crippen LogP) is 3.47. The summed E-state index contributed by atoms with van der Waals surface area (Å²) in [4.78, 5) is 20.9. The summed E-state index contributed by atoms with van der Waals surface area (Å²) in [6.45, 7) is 6.63. The first kappa shape index (κ1) is 16.1. The standard InChI is InChI=1S/C18H20N4O2/c1-4-6-14-16(18(23)24)15(12-7-11(3)8-19-9-12)13-10-20-22(5-2)17(13)21-14/h7-10H,4-6H2,1-3H3,(H,23,24). The van der Waals surface area contributed by atoms with Crippen molar-refractivity contribution in [3.63, 3.8) is 0 Å². The first-order valence-electron chi connectivity index (χ1n) is 8.10. The summed E-state index contributed by atoms with van der Waals surface area (Å²) in [5, 5.41) is 15.0. The topological polar surface area (TPSA) is 80.9 Å². The van der Waals surface area contributed by atoms with E-state index in [0.717, 1.165) is 28.6 Å². The van der Waals surface area contributed by atoms with Gasteiger partial charge in [0, 0.05) is 35.5 Å². The van der Waals surface area contributed by atoms with Crippen molar-refractivity contribution in [1.29, 1.82) is 0 Å². The molecule has 6 nitrogen and oxygen atoms in total. The summed E-state index contributed by atoms with van der Waals surface area (Å²) in [6.07, 6.45) is 6.59. The Bertz CT molecular complexity index is 915. The highest BCUT2D eigenvalue weighted by Crippen LogP contribution is 2.33. The average Bonchev–Trinajstić information content (AvgIpc) is 2.96. The van der Waals surface area contributed by atoms with Crippen molar-refractivity contribution in [3.05, 3.63) is 41.5 Å². The lowest BCUT2D eigenvalue weighted by Crippen LogP contribution is -2.10. The smallest absolute Gasteiger partial charge is 0.338 e. The molecule has 24 heavy (non-hydrogen) atoms. The van der Waals surface area contributed by atoms with Gasteiger partial charge in [-0.15, -0.1) is 0 Å². The van der Waals surface area contributed by atoms with E-state index in [4.69, 9.17) is 0 Å². The normalized spacial score (nSPS) is 11.1. The Morgan fingerprint density at radius 1 is 1.25 bits per heavy atom. The molecule has 0 aliphatic rings. The lowest BCUT2D eigenvalue weighted by molar-refractivity contribution is 0.0696. The van der Waals surface area contributed by atoms with Crippen LogP contribution in [0.5, 0.6) is 0 Å². The highest BCUT2D eigenvalue weighted by molar-refractivity contribution is 6.06. The van der Waals surface area contributed by atoms with Crippen molar-refractivity contribution < 1.29 is 9.90 Å². The van der Waals surface area contributed by atoms with Crippen LogP contribution in [0.4, 0.5) is 0 Å². The highest BCUT2D eigenvalue weighted by Gasteiger charge is 2.23. The molecule has 3 aromatic rings. The van der Waals surface area contributed by atoms with Crippen molar-refractivity contribution in [2.24, 2.45) is 0 Å². The largest absolute Gasteiger partial charge is 0.478 e. The maximum atomic E-state index is 12.0. The fraction of sp³-hybridized carbons (Fsp3) is 0.333. The number of carboxylic acids is 1. The van der Waals surface area contributed by atoms with Gasteiger partial charge in [0.05, 0.1) is 17.5 Å². The summed E-state index contributed by atoms with van der Waals surface area (Å²) >= 11 is 0. The van der Waals surface area contributed by atoms with E-state index in [9.17, 15) is 9.90 Å². The molecule has 1 N–H and O–H groups in total. The molecule has 0 saturated carbocycles. The van der Waals surface area contributed by atoms with Crippen molar-refractivity contribution in [2.75, 3.05) is 0 Å². The van der Waals surface area contributed by atoms with E-state index in [1.807, 2.05) is 26.8 Å². The molecule has 0 unspecified atom stereocenters. The van der Waals surface area contributed by atoms with E-state index in [0.29, 0.717) is 24.2 Å². The van der Waals surface area contributed by atoms with Crippen molar-refractivity contribution in [2.45, 2.75) is 40.2 Å². The van der Waals surface area contributed by atoms with Crippen LogP contribution in [0.1, 0.15) is 41.9 Å². The van der Waals surface area contributed by atoms with E-state index in [-0.39, 0.29) is 5.56 Å². The van der Waals surface area contributed by atoms with Gasteiger partial charge in [-0.25, -0.2) is 14.5 Å². The minimum absolute atomic E-state index is 0.257. The molecule has 0 amide bonds. The maximum Gasteiger partial charge on any atom is 0.338 e. The fourth-order valence-corrected chi connectivity index (χ4v) is 3.01. The number of fused-ring (bicyclic) bond motifs is 1. The molecule has 0 aliphatic carbocycles. The maximum absolute atomic E-state index is 12.0. The number of carbonyl (C=O) groups is 1. The zero-order valence-electron chi connectivity index (χ0n) is 14.1. The molecule has 124 valence electrons. The molecular weight excluding hydrogens is 304 g/mol. The molecule has 0 fully saturated rings. The molecule has 0 aliphatic heterocycles.